The van der Waals surface area contributed by atoms with Crippen molar-refractivity contribution >= 4 is 23.5 Å². The Kier molecular flexibility index (Phi) is 4.34. The van der Waals surface area contributed by atoms with Gasteiger partial charge in [0, 0.05) is 11.5 Å². The molecule has 0 atom stereocenters. The first-order valence-corrected chi connectivity index (χ1v) is 7.43. The summed E-state index contributed by atoms with van der Waals surface area (Å²) in [5.41, 5.74) is 1.23. The van der Waals surface area contributed by atoms with Crippen molar-refractivity contribution in [2.75, 3.05) is 32.8 Å². The van der Waals surface area contributed by atoms with E-state index in [9.17, 15) is 0 Å². The number of thioether (sulfide) groups is 2. The summed E-state index contributed by atoms with van der Waals surface area (Å²) in [5, 5.41) is 0. The van der Waals surface area contributed by atoms with Crippen LogP contribution in [0.2, 0.25) is 0 Å². The Morgan fingerprint density at radius 3 is 1.88 bits per heavy atom. The number of benzene rings is 1. The van der Waals surface area contributed by atoms with Crippen molar-refractivity contribution in [1.82, 2.24) is 0 Å². The molecular formula is C12H16O3S2. The number of ether oxygens (including phenoxy) is 3. The molecular weight excluding hydrogens is 256 g/mol. The minimum absolute atomic E-state index is 0.476. The van der Waals surface area contributed by atoms with Crippen LogP contribution in [0.3, 0.4) is 0 Å². The van der Waals surface area contributed by atoms with Crippen molar-refractivity contribution in [1.29, 1.82) is 0 Å². The largest absolute Gasteiger partial charge is 0.493 e. The third-order valence-electron chi connectivity index (χ3n) is 2.58. The molecule has 0 aliphatic carbocycles. The van der Waals surface area contributed by atoms with Crippen molar-refractivity contribution in [3.05, 3.63) is 17.7 Å². The molecule has 1 saturated heterocycles. The molecule has 0 saturated carbocycles. The molecule has 5 heteroatoms. The average molecular weight is 272 g/mol. The van der Waals surface area contributed by atoms with Gasteiger partial charge in [0.2, 0.25) is 5.75 Å². The van der Waals surface area contributed by atoms with Gasteiger partial charge >= 0.3 is 0 Å². The zero-order valence-corrected chi connectivity index (χ0v) is 11.8. The fourth-order valence-electron chi connectivity index (χ4n) is 1.79. The van der Waals surface area contributed by atoms with Crippen LogP contribution in [0, 0.1) is 0 Å². The lowest BCUT2D eigenvalue weighted by Gasteiger charge is -2.16. The van der Waals surface area contributed by atoms with Gasteiger partial charge in [0.25, 0.3) is 0 Å². The third-order valence-corrected chi connectivity index (χ3v) is 5.69. The van der Waals surface area contributed by atoms with Crippen LogP contribution in [0.25, 0.3) is 0 Å². The normalized spacial score (nSPS) is 15.9. The van der Waals surface area contributed by atoms with E-state index in [0.29, 0.717) is 10.3 Å². The van der Waals surface area contributed by atoms with E-state index in [1.54, 1.807) is 21.3 Å². The quantitative estimate of drug-likeness (QED) is 0.839. The summed E-state index contributed by atoms with van der Waals surface area (Å²) in [6, 6.07) is 4.08. The molecule has 1 aromatic rings. The minimum atomic E-state index is 0.476. The maximum Gasteiger partial charge on any atom is 0.203 e. The second kappa shape index (κ2) is 5.78. The lowest BCUT2D eigenvalue weighted by Crippen LogP contribution is -1.97. The van der Waals surface area contributed by atoms with Gasteiger partial charge < -0.3 is 14.2 Å². The average Bonchev–Trinajstić information content (AvgIpc) is 2.90. The molecule has 1 fully saturated rings. The predicted octanol–water partition coefficient (Wildman–Crippen LogP) is 3.19. The molecule has 1 aliphatic rings. The highest BCUT2D eigenvalue weighted by atomic mass is 32.2. The van der Waals surface area contributed by atoms with Gasteiger partial charge in [-0.15, -0.1) is 23.5 Å². The summed E-state index contributed by atoms with van der Waals surface area (Å²) in [6.45, 7) is 0. The molecule has 2 rings (SSSR count). The van der Waals surface area contributed by atoms with E-state index in [0.717, 1.165) is 11.5 Å². The number of hydrogen-bond donors (Lipinski definition) is 0. The summed E-state index contributed by atoms with van der Waals surface area (Å²) < 4.78 is 16.5. The van der Waals surface area contributed by atoms with Crippen molar-refractivity contribution in [3.63, 3.8) is 0 Å². The van der Waals surface area contributed by atoms with Gasteiger partial charge in [-0.3, -0.25) is 0 Å². The van der Waals surface area contributed by atoms with Crippen LogP contribution >= 0.6 is 23.5 Å². The van der Waals surface area contributed by atoms with E-state index in [4.69, 9.17) is 14.2 Å². The summed E-state index contributed by atoms with van der Waals surface area (Å²) in [7, 11) is 4.92. The molecule has 1 aromatic carbocycles. The molecule has 0 aromatic heterocycles. The molecule has 3 nitrogen and oxygen atoms in total. The van der Waals surface area contributed by atoms with E-state index in [1.807, 2.05) is 35.7 Å². The van der Waals surface area contributed by atoms with Crippen LogP contribution in [0.15, 0.2) is 12.1 Å². The predicted molar refractivity (Wildman–Crippen MR) is 73.8 cm³/mol. The van der Waals surface area contributed by atoms with Gasteiger partial charge in [-0.2, -0.15) is 0 Å². The first kappa shape index (κ1) is 12.8. The maximum absolute atomic E-state index is 5.36. The van der Waals surface area contributed by atoms with Crippen LogP contribution in [0.4, 0.5) is 0 Å². The van der Waals surface area contributed by atoms with Crippen LogP contribution in [-0.2, 0) is 0 Å². The molecule has 0 unspecified atom stereocenters. The number of methoxy groups -OCH3 is 3. The molecule has 94 valence electrons. The highest BCUT2D eigenvalue weighted by Crippen LogP contribution is 2.49. The topological polar surface area (TPSA) is 27.7 Å². The Morgan fingerprint density at radius 2 is 1.47 bits per heavy atom. The molecule has 17 heavy (non-hydrogen) atoms. The zero-order valence-electron chi connectivity index (χ0n) is 10.2. The van der Waals surface area contributed by atoms with Crippen LogP contribution < -0.4 is 14.2 Å². The lowest BCUT2D eigenvalue weighted by atomic mass is 10.2. The second-order valence-electron chi connectivity index (χ2n) is 3.53. The standard InChI is InChI=1S/C12H16O3S2/c1-13-9-6-8(12-16-4-5-17-12)7-10(14-2)11(9)15-3/h6-7,12H,4-5H2,1-3H3. The Balaban J connectivity index is 2.40. The summed E-state index contributed by atoms with van der Waals surface area (Å²) in [6.07, 6.45) is 0. The van der Waals surface area contributed by atoms with Crippen LogP contribution in [0.1, 0.15) is 10.1 Å². The molecule has 0 amide bonds. The Bertz CT molecular complexity index is 364. The monoisotopic (exact) mass is 272 g/mol. The van der Waals surface area contributed by atoms with E-state index in [-0.39, 0.29) is 0 Å². The number of hydrogen-bond acceptors (Lipinski definition) is 5. The van der Waals surface area contributed by atoms with E-state index >= 15 is 0 Å². The Morgan fingerprint density at radius 1 is 0.941 bits per heavy atom. The third kappa shape index (κ3) is 2.60. The smallest absolute Gasteiger partial charge is 0.203 e. The van der Waals surface area contributed by atoms with Gasteiger partial charge in [0.05, 0.1) is 25.9 Å². The van der Waals surface area contributed by atoms with Crippen LogP contribution in [0.5, 0.6) is 17.2 Å². The van der Waals surface area contributed by atoms with E-state index in [2.05, 4.69) is 0 Å². The van der Waals surface area contributed by atoms with Gasteiger partial charge in [-0.25, -0.2) is 0 Å². The molecule has 1 heterocycles. The summed E-state index contributed by atoms with van der Waals surface area (Å²) >= 11 is 3.92. The van der Waals surface area contributed by atoms with Crippen molar-refractivity contribution in [2.45, 2.75) is 4.58 Å². The zero-order chi connectivity index (χ0) is 12.3. The van der Waals surface area contributed by atoms with Crippen molar-refractivity contribution in [3.8, 4) is 17.2 Å². The number of rotatable bonds is 4. The van der Waals surface area contributed by atoms with Gasteiger partial charge in [-0.1, -0.05) is 0 Å². The maximum atomic E-state index is 5.36. The fourth-order valence-corrected chi connectivity index (χ4v) is 4.61. The van der Waals surface area contributed by atoms with Crippen LogP contribution in [-0.4, -0.2) is 32.8 Å². The van der Waals surface area contributed by atoms with Gasteiger partial charge in [0.1, 0.15) is 0 Å². The van der Waals surface area contributed by atoms with E-state index in [1.165, 1.54) is 17.1 Å². The first-order valence-electron chi connectivity index (χ1n) is 5.33. The fraction of sp³-hybridized carbons (Fsp3) is 0.500. The lowest BCUT2D eigenvalue weighted by molar-refractivity contribution is 0.324. The first-order chi connectivity index (χ1) is 8.30. The minimum Gasteiger partial charge on any atom is -0.493 e. The second-order valence-corrected chi connectivity index (χ2v) is 6.26. The SMILES string of the molecule is COc1cc(C2SCCS2)cc(OC)c1OC. The summed E-state index contributed by atoms with van der Waals surface area (Å²) in [5.74, 6) is 4.52. The summed E-state index contributed by atoms with van der Waals surface area (Å²) in [4.78, 5) is 0. The molecule has 0 N–H and O–H groups in total. The Hall–Kier alpha value is -0.680. The highest BCUT2D eigenvalue weighted by molar-refractivity contribution is 8.19. The van der Waals surface area contributed by atoms with Crippen molar-refractivity contribution < 1.29 is 14.2 Å². The highest BCUT2D eigenvalue weighted by Gasteiger charge is 2.22. The van der Waals surface area contributed by atoms with Gasteiger partial charge in [-0.05, 0) is 17.7 Å². The Labute approximate surface area is 110 Å². The molecule has 0 bridgehead atoms. The molecule has 0 radical (unpaired) electrons. The molecule has 0 spiro atoms. The van der Waals surface area contributed by atoms with Gasteiger partial charge in [0.15, 0.2) is 11.5 Å². The van der Waals surface area contributed by atoms with Crippen molar-refractivity contribution in [2.24, 2.45) is 0 Å². The van der Waals surface area contributed by atoms with E-state index < -0.39 is 0 Å². The molecule has 1 aliphatic heterocycles.